The molecule has 2 aliphatic rings. The van der Waals surface area contributed by atoms with Crippen LogP contribution in [0.4, 0.5) is 5.82 Å². The van der Waals surface area contributed by atoms with Gasteiger partial charge in [-0.3, -0.25) is 0 Å². The Bertz CT molecular complexity index is 1140. The van der Waals surface area contributed by atoms with E-state index >= 15 is 0 Å². The second kappa shape index (κ2) is 7.45. The first-order valence-corrected chi connectivity index (χ1v) is 10.8. The predicted octanol–water partition coefficient (Wildman–Crippen LogP) is 5.49. The van der Waals surface area contributed by atoms with Crippen molar-refractivity contribution in [2.24, 2.45) is 0 Å². The van der Waals surface area contributed by atoms with E-state index in [1.54, 1.807) is 6.20 Å². The molecule has 0 radical (unpaired) electrons. The highest BCUT2D eigenvalue weighted by Crippen LogP contribution is 2.38. The second-order valence-corrected chi connectivity index (χ2v) is 9.38. The molecule has 160 valence electrons. The largest absolute Gasteiger partial charge is 0.493 e. The van der Waals surface area contributed by atoms with Gasteiger partial charge in [0.05, 0.1) is 12.5 Å². The van der Waals surface area contributed by atoms with Crippen LogP contribution in [0.25, 0.3) is 0 Å². The summed E-state index contributed by atoms with van der Waals surface area (Å²) in [5.74, 6) is 4.57. The van der Waals surface area contributed by atoms with Crippen LogP contribution in [-0.2, 0) is 18.3 Å². The Hall–Kier alpha value is -3.28. The average molecular weight is 417 g/mol. The van der Waals surface area contributed by atoms with Crippen LogP contribution in [0.1, 0.15) is 55.8 Å². The molecule has 0 saturated heterocycles. The zero-order chi connectivity index (χ0) is 21.6. The Kier molecular flexibility index (Phi) is 4.73. The normalized spacial score (nSPS) is 17.9. The van der Waals surface area contributed by atoms with Crippen molar-refractivity contribution in [2.45, 2.75) is 51.4 Å². The van der Waals surface area contributed by atoms with Crippen molar-refractivity contribution in [1.29, 1.82) is 0 Å². The number of aromatic amines is 1. The van der Waals surface area contributed by atoms with Crippen molar-refractivity contribution in [1.82, 2.24) is 15.0 Å². The molecule has 0 bridgehead atoms. The lowest BCUT2D eigenvalue weighted by Gasteiger charge is -2.25. The number of hydrogen-bond donors (Lipinski definition) is 2. The van der Waals surface area contributed by atoms with E-state index in [-0.39, 0.29) is 11.3 Å². The van der Waals surface area contributed by atoms with Crippen molar-refractivity contribution in [3.63, 3.8) is 0 Å². The van der Waals surface area contributed by atoms with Gasteiger partial charge in [-0.2, -0.15) is 0 Å². The first kappa shape index (κ1) is 19.7. The van der Waals surface area contributed by atoms with Crippen molar-refractivity contribution in [3.8, 4) is 17.2 Å². The minimum atomic E-state index is 0.0462. The molecular formula is C25H28N4O2. The van der Waals surface area contributed by atoms with E-state index < -0.39 is 0 Å². The van der Waals surface area contributed by atoms with Crippen LogP contribution in [-0.4, -0.2) is 21.6 Å². The van der Waals surface area contributed by atoms with Gasteiger partial charge >= 0.3 is 0 Å². The summed E-state index contributed by atoms with van der Waals surface area (Å²) in [5, 5.41) is 3.26. The Balaban J connectivity index is 1.37. The van der Waals surface area contributed by atoms with Gasteiger partial charge in [-0.15, -0.1) is 0 Å². The molecule has 31 heavy (non-hydrogen) atoms. The zero-order valence-corrected chi connectivity index (χ0v) is 18.3. The zero-order valence-electron chi connectivity index (χ0n) is 18.3. The molecule has 6 nitrogen and oxygen atoms in total. The molecule has 0 amide bonds. The number of fused-ring (bicyclic) bond motifs is 2. The van der Waals surface area contributed by atoms with Gasteiger partial charge in [-0.25, -0.2) is 9.97 Å². The van der Waals surface area contributed by atoms with Crippen molar-refractivity contribution in [3.05, 3.63) is 71.6 Å². The number of hydrogen-bond acceptors (Lipinski definition) is 5. The number of nitrogens with one attached hydrogen (secondary N) is 2. The summed E-state index contributed by atoms with van der Waals surface area (Å²) in [7, 11) is 0. The number of H-pyrrole nitrogens is 1. The van der Waals surface area contributed by atoms with Crippen LogP contribution >= 0.6 is 0 Å². The Morgan fingerprint density at radius 3 is 2.84 bits per heavy atom. The van der Waals surface area contributed by atoms with E-state index in [4.69, 9.17) is 9.47 Å². The molecule has 1 atom stereocenters. The smallest absolute Gasteiger partial charge is 0.137 e. The molecule has 0 spiro atoms. The first-order valence-electron chi connectivity index (χ1n) is 10.8. The van der Waals surface area contributed by atoms with E-state index in [9.17, 15) is 0 Å². The maximum absolute atomic E-state index is 6.28. The van der Waals surface area contributed by atoms with Crippen LogP contribution in [0.3, 0.4) is 0 Å². The van der Waals surface area contributed by atoms with Gasteiger partial charge in [0, 0.05) is 34.8 Å². The monoisotopic (exact) mass is 416 g/mol. The average Bonchev–Trinajstić information content (AvgIpc) is 3.24. The highest BCUT2D eigenvalue weighted by Gasteiger charge is 2.26. The second-order valence-electron chi connectivity index (χ2n) is 9.38. The predicted molar refractivity (Wildman–Crippen MR) is 121 cm³/mol. The summed E-state index contributed by atoms with van der Waals surface area (Å²) in [4.78, 5) is 12.6. The number of anilines is 1. The van der Waals surface area contributed by atoms with Crippen LogP contribution < -0.4 is 14.8 Å². The molecule has 0 saturated carbocycles. The van der Waals surface area contributed by atoms with Crippen molar-refractivity contribution in [2.75, 3.05) is 11.9 Å². The number of allylic oxidation sites excluding steroid dienone is 1. The van der Waals surface area contributed by atoms with Gasteiger partial charge in [0.2, 0.25) is 0 Å². The molecule has 1 unspecified atom stereocenters. The Morgan fingerprint density at radius 1 is 1.16 bits per heavy atom. The minimum Gasteiger partial charge on any atom is -0.493 e. The molecule has 0 aliphatic carbocycles. The number of imidazole rings is 1. The number of pyridine rings is 1. The van der Waals surface area contributed by atoms with Crippen LogP contribution in [0.2, 0.25) is 0 Å². The first-order chi connectivity index (χ1) is 14.9. The highest BCUT2D eigenvalue weighted by molar-refractivity contribution is 5.58. The van der Waals surface area contributed by atoms with Crippen molar-refractivity contribution < 1.29 is 9.47 Å². The number of benzene rings is 1. The number of nitrogens with zero attached hydrogens (tertiary/aromatic N) is 2. The molecule has 5 rings (SSSR count). The molecule has 2 N–H and O–H groups in total. The molecule has 4 heterocycles. The third-order valence-electron chi connectivity index (χ3n) is 5.94. The van der Waals surface area contributed by atoms with Gasteiger partial charge < -0.3 is 19.8 Å². The summed E-state index contributed by atoms with van der Waals surface area (Å²) in [6.07, 6.45) is 6.32. The fourth-order valence-corrected chi connectivity index (χ4v) is 4.09. The summed E-state index contributed by atoms with van der Waals surface area (Å²) < 4.78 is 12.3. The molecule has 1 aromatic carbocycles. The van der Waals surface area contributed by atoms with Gasteiger partial charge in [0.1, 0.15) is 28.9 Å². The standard InChI is InChI=1S/C25H28N4O2/c1-15-5-7-19-21(9-10-26-24(19)28-15)31-18-6-8-20-16(12-18)11-17(14-30-20)23-27-13-22(29-23)25(2,3)4/h6,8-10,12-13,17H,1,5,7,11,14H2,2-4H3,(H,26,28)(H,27,29). The van der Waals surface area contributed by atoms with E-state index in [1.807, 2.05) is 24.4 Å². The Labute approximate surface area is 182 Å². The quantitative estimate of drug-likeness (QED) is 0.591. The van der Waals surface area contributed by atoms with E-state index in [0.717, 1.165) is 70.7 Å². The van der Waals surface area contributed by atoms with E-state index in [1.165, 1.54) is 0 Å². The third-order valence-corrected chi connectivity index (χ3v) is 5.94. The molecule has 3 aromatic rings. The minimum absolute atomic E-state index is 0.0462. The van der Waals surface area contributed by atoms with Gasteiger partial charge in [0.25, 0.3) is 0 Å². The number of aromatic nitrogens is 3. The SMILES string of the molecule is C=C1CCc2c(Oc3ccc4c(c3)CC(c3ncc(C(C)(C)C)[nH]3)CO4)ccnc2N1. The molecule has 2 aromatic heterocycles. The maximum atomic E-state index is 6.28. The molecule has 6 heteroatoms. The summed E-state index contributed by atoms with van der Waals surface area (Å²) in [6, 6.07) is 7.96. The van der Waals surface area contributed by atoms with Gasteiger partial charge in [-0.05, 0) is 49.1 Å². The van der Waals surface area contributed by atoms with Crippen LogP contribution in [0, 0.1) is 0 Å². The highest BCUT2D eigenvalue weighted by atomic mass is 16.5. The summed E-state index contributed by atoms with van der Waals surface area (Å²) in [6.45, 7) is 11.2. The van der Waals surface area contributed by atoms with Crippen LogP contribution in [0.15, 0.2) is 48.9 Å². The molecule has 0 fully saturated rings. The topological polar surface area (TPSA) is 72.1 Å². The molecular weight excluding hydrogens is 388 g/mol. The fourth-order valence-electron chi connectivity index (χ4n) is 4.09. The van der Waals surface area contributed by atoms with E-state index in [2.05, 4.69) is 53.7 Å². The molecule has 2 aliphatic heterocycles. The lowest BCUT2D eigenvalue weighted by atomic mass is 9.93. The van der Waals surface area contributed by atoms with E-state index in [0.29, 0.717) is 6.61 Å². The summed E-state index contributed by atoms with van der Waals surface area (Å²) >= 11 is 0. The number of ether oxygens (including phenoxy) is 2. The van der Waals surface area contributed by atoms with Crippen molar-refractivity contribution >= 4 is 5.82 Å². The third kappa shape index (κ3) is 3.90. The Morgan fingerprint density at radius 2 is 2.03 bits per heavy atom. The van der Waals surface area contributed by atoms with Gasteiger partial charge in [-0.1, -0.05) is 27.4 Å². The van der Waals surface area contributed by atoms with Crippen LogP contribution in [0.5, 0.6) is 17.2 Å². The lowest BCUT2D eigenvalue weighted by molar-refractivity contribution is 0.257. The maximum Gasteiger partial charge on any atom is 0.137 e. The summed E-state index contributed by atoms with van der Waals surface area (Å²) in [5.41, 5.74) is 4.40. The fraction of sp³-hybridized carbons (Fsp3) is 0.360. The van der Waals surface area contributed by atoms with Gasteiger partial charge in [0.15, 0.2) is 0 Å². The number of rotatable bonds is 3. The lowest BCUT2D eigenvalue weighted by Crippen LogP contribution is -2.20.